The normalized spacial score (nSPS) is 19.1. The fraction of sp³-hybridized carbons (Fsp3) is 0.833. The van der Waals surface area contributed by atoms with Crippen LogP contribution >= 0.6 is 0 Å². The van der Waals surface area contributed by atoms with Crippen LogP contribution in [-0.2, 0) is 4.74 Å². The molecule has 14 heavy (non-hydrogen) atoms. The van der Waals surface area contributed by atoms with Gasteiger partial charge in [-0.1, -0.05) is 11.6 Å². The van der Waals surface area contributed by atoms with Crippen molar-refractivity contribution in [1.82, 2.24) is 5.32 Å². The number of ether oxygens (including phenoxy) is 1. The lowest BCUT2D eigenvalue weighted by molar-refractivity contribution is 0.124. The first-order valence-electron chi connectivity index (χ1n) is 5.79. The highest BCUT2D eigenvalue weighted by Crippen LogP contribution is 2.21. The molecule has 82 valence electrons. The van der Waals surface area contributed by atoms with E-state index in [2.05, 4.69) is 11.4 Å². The Balaban J connectivity index is 2.27. The summed E-state index contributed by atoms with van der Waals surface area (Å²) < 4.78 is 5.44. The van der Waals surface area contributed by atoms with Gasteiger partial charge in [-0.15, -0.1) is 0 Å². The van der Waals surface area contributed by atoms with Crippen LogP contribution in [0.3, 0.4) is 0 Å². The van der Waals surface area contributed by atoms with Gasteiger partial charge in [0.05, 0.1) is 6.61 Å². The lowest BCUT2D eigenvalue weighted by Crippen LogP contribution is -2.31. The highest BCUT2D eigenvalue weighted by Gasteiger charge is 2.10. The van der Waals surface area contributed by atoms with Crippen molar-refractivity contribution in [3.05, 3.63) is 11.6 Å². The molecule has 1 aliphatic rings. The molecule has 2 nitrogen and oxygen atoms in total. The third kappa shape index (κ3) is 4.25. The minimum atomic E-state index is 0.499. The maximum absolute atomic E-state index is 5.44. The molecule has 0 saturated heterocycles. The molecule has 0 aromatic heterocycles. The van der Waals surface area contributed by atoms with Crippen molar-refractivity contribution in [1.29, 1.82) is 0 Å². The lowest BCUT2D eigenvalue weighted by atomic mass is 9.94. The molecular weight excluding hydrogens is 174 g/mol. The molecule has 0 heterocycles. The van der Waals surface area contributed by atoms with Gasteiger partial charge in [-0.25, -0.2) is 0 Å². The smallest absolute Gasteiger partial charge is 0.0622 e. The Hall–Kier alpha value is -0.340. The first-order valence-corrected chi connectivity index (χ1v) is 5.79. The number of nitrogens with one attached hydrogen (secondary N) is 1. The molecule has 1 N–H and O–H groups in total. The lowest BCUT2D eigenvalue weighted by Gasteiger charge is -2.20. The van der Waals surface area contributed by atoms with E-state index in [1.807, 2.05) is 14.0 Å². The third-order valence-electron chi connectivity index (χ3n) is 2.83. The monoisotopic (exact) mass is 197 g/mol. The zero-order valence-electron chi connectivity index (χ0n) is 9.51. The molecule has 0 fully saturated rings. The minimum absolute atomic E-state index is 0.499. The van der Waals surface area contributed by atoms with Gasteiger partial charge in [-0.2, -0.15) is 0 Å². The van der Waals surface area contributed by atoms with Gasteiger partial charge in [-0.05, 0) is 46.1 Å². The number of hydrogen-bond acceptors (Lipinski definition) is 2. The maximum atomic E-state index is 5.44. The summed E-state index contributed by atoms with van der Waals surface area (Å²) in [5, 5.41) is 3.32. The molecular formula is C12H23NO. The van der Waals surface area contributed by atoms with E-state index in [-0.39, 0.29) is 0 Å². The van der Waals surface area contributed by atoms with Crippen molar-refractivity contribution < 1.29 is 4.74 Å². The Bertz CT molecular complexity index is 177. The summed E-state index contributed by atoms with van der Waals surface area (Å²) in [5.74, 6) is 0. The van der Waals surface area contributed by atoms with Crippen LogP contribution < -0.4 is 5.32 Å². The molecule has 1 aliphatic carbocycles. The van der Waals surface area contributed by atoms with Crippen molar-refractivity contribution in [3.8, 4) is 0 Å². The molecule has 0 aromatic rings. The largest absolute Gasteiger partial charge is 0.380 e. The fourth-order valence-corrected chi connectivity index (χ4v) is 1.91. The van der Waals surface area contributed by atoms with Crippen molar-refractivity contribution in [2.45, 2.75) is 45.1 Å². The van der Waals surface area contributed by atoms with Gasteiger partial charge in [0, 0.05) is 12.6 Å². The molecule has 0 aromatic carbocycles. The predicted molar refractivity (Wildman–Crippen MR) is 60.5 cm³/mol. The van der Waals surface area contributed by atoms with Crippen LogP contribution in [0.2, 0.25) is 0 Å². The Kier molecular flexibility index (Phi) is 5.88. The van der Waals surface area contributed by atoms with Gasteiger partial charge in [0.25, 0.3) is 0 Å². The van der Waals surface area contributed by atoms with Crippen molar-refractivity contribution in [2.75, 3.05) is 20.3 Å². The minimum Gasteiger partial charge on any atom is -0.380 e. The molecule has 1 rings (SSSR count). The second kappa shape index (κ2) is 7.02. The first kappa shape index (κ1) is 11.7. The van der Waals surface area contributed by atoms with Crippen LogP contribution in [0, 0.1) is 0 Å². The summed E-state index contributed by atoms with van der Waals surface area (Å²) >= 11 is 0. The van der Waals surface area contributed by atoms with Gasteiger partial charge in [0.1, 0.15) is 0 Å². The quantitative estimate of drug-likeness (QED) is 0.661. The Morgan fingerprint density at radius 1 is 1.50 bits per heavy atom. The van der Waals surface area contributed by atoms with E-state index in [1.165, 1.54) is 25.7 Å². The second-order valence-electron chi connectivity index (χ2n) is 3.96. The summed E-state index contributed by atoms with van der Waals surface area (Å²) in [6.45, 7) is 3.70. The van der Waals surface area contributed by atoms with Gasteiger partial charge in [0.15, 0.2) is 0 Å². The standard InChI is InChI=1S/C12H23NO/c1-3-14-10-12(13-2)9-11-7-5-4-6-8-11/h7,12-13H,3-6,8-10H2,1-2H3. The summed E-state index contributed by atoms with van der Waals surface area (Å²) in [6.07, 6.45) is 8.90. The average molecular weight is 197 g/mol. The van der Waals surface area contributed by atoms with Crippen LogP contribution in [0.4, 0.5) is 0 Å². The maximum Gasteiger partial charge on any atom is 0.0622 e. The van der Waals surface area contributed by atoms with E-state index in [4.69, 9.17) is 4.74 Å². The van der Waals surface area contributed by atoms with Gasteiger partial charge in [-0.3, -0.25) is 0 Å². The van der Waals surface area contributed by atoms with E-state index in [9.17, 15) is 0 Å². The summed E-state index contributed by atoms with van der Waals surface area (Å²) in [5.41, 5.74) is 1.62. The van der Waals surface area contributed by atoms with Crippen LogP contribution in [0.1, 0.15) is 39.0 Å². The van der Waals surface area contributed by atoms with Gasteiger partial charge >= 0.3 is 0 Å². The second-order valence-corrected chi connectivity index (χ2v) is 3.96. The highest BCUT2D eigenvalue weighted by atomic mass is 16.5. The molecule has 0 aliphatic heterocycles. The van der Waals surface area contributed by atoms with Crippen molar-refractivity contribution in [3.63, 3.8) is 0 Å². The van der Waals surface area contributed by atoms with E-state index in [0.717, 1.165) is 19.6 Å². The van der Waals surface area contributed by atoms with Crippen molar-refractivity contribution >= 4 is 0 Å². The van der Waals surface area contributed by atoms with Crippen LogP contribution in [0.15, 0.2) is 11.6 Å². The molecule has 0 radical (unpaired) electrons. The molecule has 0 bridgehead atoms. The molecule has 0 amide bonds. The summed E-state index contributed by atoms with van der Waals surface area (Å²) in [7, 11) is 2.02. The first-order chi connectivity index (χ1) is 6.86. The SMILES string of the molecule is CCOCC(CC1=CCCCC1)NC. The van der Waals surface area contributed by atoms with Crippen molar-refractivity contribution in [2.24, 2.45) is 0 Å². The van der Waals surface area contributed by atoms with Gasteiger partial charge < -0.3 is 10.1 Å². The summed E-state index contributed by atoms with van der Waals surface area (Å²) in [6, 6.07) is 0.499. The van der Waals surface area contributed by atoms with E-state index in [1.54, 1.807) is 5.57 Å². The van der Waals surface area contributed by atoms with Crippen LogP contribution in [0.25, 0.3) is 0 Å². The van der Waals surface area contributed by atoms with Crippen LogP contribution in [0.5, 0.6) is 0 Å². The molecule has 1 unspecified atom stereocenters. The number of allylic oxidation sites excluding steroid dienone is 1. The number of likely N-dealkylation sites (N-methyl/N-ethyl adjacent to an activating group) is 1. The van der Waals surface area contributed by atoms with E-state index >= 15 is 0 Å². The van der Waals surface area contributed by atoms with Crippen LogP contribution in [-0.4, -0.2) is 26.3 Å². The predicted octanol–water partition coefficient (Wildman–Crippen LogP) is 2.50. The average Bonchev–Trinajstić information content (AvgIpc) is 2.25. The Morgan fingerprint density at radius 2 is 2.36 bits per heavy atom. The topological polar surface area (TPSA) is 21.3 Å². The molecule has 2 heteroatoms. The van der Waals surface area contributed by atoms with E-state index < -0.39 is 0 Å². The molecule has 0 saturated carbocycles. The zero-order chi connectivity index (χ0) is 10.2. The van der Waals surface area contributed by atoms with Gasteiger partial charge in [0.2, 0.25) is 0 Å². The third-order valence-corrected chi connectivity index (χ3v) is 2.83. The number of rotatable bonds is 6. The Labute approximate surface area is 87.7 Å². The molecule has 0 spiro atoms. The number of hydrogen-bond donors (Lipinski definition) is 1. The molecule has 1 atom stereocenters. The van der Waals surface area contributed by atoms with E-state index in [0.29, 0.717) is 6.04 Å². The zero-order valence-corrected chi connectivity index (χ0v) is 9.51. The fourth-order valence-electron chi connectivity index (χ4n) is 1.91. The Morgan fingerprint density at radius 3 is 2.93 bits per heavy atom. The highest BCUT2D eigenvalue weighted by molar-refractivity contribution is 5.06. The summed E-state index contributed by atoms with van der Waals surface area (Å²) in [4.78, 5) is 0.